The summed E-state index contributed by atoms with van der Waals surface area (Å²) in [6.07, 6.45) is 4.51. The first-order valence-electron chi connectivity index (χ1n) is 7.56. The van der Waals surface area contributed by atoms with E-state index in [-0.39, 0.29) is 19.8 Å². The molecule has 0 aromatic carbocycles. The van der Waals surface area contributed by atoms with Crippen molar-refractivity contribution in [3.05, 3.63) is 0 Å². The SMILES string of the molecule is CCCCOOCCCC.OCCN(CCO)CCO. The minimum absolute atomic E-state index is 0.0694. The van der Waals surface area contributed by atoms with E-state index in [4.69, 9.17) is 25.1 Å². The summed E-state index contributed by atoms with van der Waals surface area (Å²) in [5.74, 6) is 0. The van der Waals surface area contributed by atoms with Crippen LogP contribution in [0.2, 0.25) is 0 Å². The predicted octanol–water partition coefficient (Wildman–Crippen LogP) is 0.800. The number of aliphatic hydroxyl groups is 3. The Morgan fingerprint density at radius 3 is 1.30 bits per heavy atom. The Bertz CT molecular complexity index is 138. The van der Waals surface area contributed by atoms with Crippen LogP contribution in [0, 0.1) is 0 Å². The highest BCUT2D eigenvalue weighted by atomic mass is 17.2. The molecule has 0 spiro atoms. The normalized spacial score (nSPS) is 10.5. The summed E-state index contributed by atoms with van der Waals surface area (Å²) in [5.41, 5.74) is 0. The molecule has 0 bridgehead atoms. The second-order valence-electron chi connectivity index (χ2n) is 4.36. The first kappa shape index (κ1) is 22.0. The zero-order valence-corrected chi connectivity index (χ0v) is 13.1. The van der Waals surface area contributed by atoms with Crippen LogP contribution >= 0.6 is 0 Å². The second kappa shape index (κ2) is 21.1. The number of hydrogen-bond donors (Lipinski definition) is 3. The van der Waals surface area contributed by atoms with Gasteiger partial charge in [-0.05, 0) is 12.8 Å². The van der Waals surface area contributed by atoms with Crippen LogP contribution in [0.15, 0.2) is 0 Å². The molecule has 20 heavy (non-hydrogen) atoms. The summed E-state index contributed by atoms with van der Waals surface area (Å²) >= 11 is 0. The molecule has 0 rings (SSSR count). The molecule has 0 aliphatic rings. The standard InChI is InChI=1S/C8H18O2.C6H15NO3/c1-3-5-7-9-10-8-6-4-2;8-4-1-7(2-5-9)3-6-10/h3-8H2,1-2H3;8-10H,1-6H2. The molecule has 0 aliphatic carbocycles. The Hall–Kier alpha value is -0.240. The molecular weight excluding hydrogens is 262 g/mol. The van der Waals surface area contributed by atoms with Crippen molar-refractivity contribution in [3.8, 4) is 0 Å². The molecule has 3 N–H and O–H groups in total. The van der Waals surface area contributed by atoms with Gasteiger partial charge >= 0.3 is 0 Å². The molecule has 0 amide bonds. The fraction of sp³-hybridized carbons (Fsp3) is 1.00. The van der Waals surface area contributed by atoms with Gasteiger partial charge in [0, 0.05) is 19.6 Å². The van der Waals surface area contributed by atoms with Gasteiger partial charge in [-0.1, -0.05) is 26.7 Å². The van der Waals surface area contributed by atoms with E-state index in [1.54, 1.807) is 4.90 Å². The third-order valence-electron chi connectivity index (χ3n) is 2.49. The van der Waals surface area contributed by atoms with Gasteiger partial charge in [0.15, 0.2) is 0 Å². The molecular formula is C14H33NO5. The van der Waals surface area contributed by atoms with Crippen LogP contribution in [0.3, 0.4) is 0 Å². The minimum atomic E-state index is 0.0694. The Kier molecular flexibility index (Phi) is 23.2. The van der Waals surface area contributed by atoms with Crippen LogP contribution in [0.4, 0.5) is 0 Å². The summed E-state index contributed by atoms with van der Waals surface area (Å²) in [7, 11) is 0. The molecule has 0 saturated heterocycles. The Balaban J connectivity index is 0. The van der Waals surface area contributed by atoms with E-state index in [1.807, 2.05) is 0 Å². The van der Waals surface area contributed by atoms with Crippen LogP contribution in [0.25, 0.3) is 0 Å². The molecule has 0 radical (unpaired) electrons. The monoisotopic (exact) mass is 295 g/mol. The lowest BCUT2D eigenvalue weighted by Gasteiger charge is -2.17. The lowest BCUT2D eigenvalue weighted by Crippen LogP contribution is -2.32. The predicted molar refractivity (Wildman–Crippen MR) is 79.4 cm³/mol. The van der Waals surface area contributed by atoms with Crippen LogP contribution in [0.1, 0.15) is 39.5 Å². The van der Waals surface area contributed by atoms with Crippen molar-refractivity contribution >= 4 is 0 Å². The molecule has 0 aliphatic heterocycles. The van der Waals surface area contributed by atoms with Gasteiger partial charge in [0.25, 0.3) is 0 Å². The molecule has 0 fully saturated rings. The van der Waals surface area contributed by atoms with Crippen molar-refractivity contribution in [2.75, 3.05) is 52.7 Å². The van der Waals surface area contributed by atoms with Crippen molar-refractivity contribution in [2.45, 2.75) is 39.5 Å². The van der Waals surface area contributed by atoms with Gasteiger partial charge in [0.1, 0.15) is 0 Å². The van der Waals surface area contributed by atoms with Crippen molar-refractivity contribution in [3.63, 3.8) is 0 Å². The van der Waals surface area contributed by atoms with Gasteiger partial charge in [0.2, 0.25) is 0 Å². The summed E-state index contributed by atoms with van der Waals surface area (Å²) < 4.78 is 0. The van der Waals surface area contributed by atoms with Gasteiger partial charge in [-0.2, -0.15) is 0 Å². The first-order chi connectivity index (χ1) is 9.76. The third-order valence-corrected chi connectivity index (χ3v) is 2.49. The summed E-state index contributed by atoms with van der Waals surface area (Å²) in [6, 6.07) is 0. The van der Waals surface area contributed by atoms with Crippen LogP contribution in [-0.2, 0) is 9.78 Å². The van der Waals surface area contributed by atoms with Gasteiger partial charge in [-0.15, -0.1) is 0 Å². The van der Waals surface area contributed by atoms with E-state index >= 15 is 0 Å². The van der Waals surface area contributed by atoms with Crippen LogP contribution in [0.5, 0.6) is 0 Å². The highest BCUT2D eigenvalue weighted by molar-refractivity contribution is 4.54. The topological polar surface area (TPSA) is 82.4 Å². The lowest BCUT2D eigenvalue weighted by atomic mass is 10.4. The van der Waals surface area contributed by atoms with Crippen molar-refractivity contribution in [1.29, 1.82) is 0 Å². The number of aliphatic hydroxyl groups excluding tert-OH is 3. The van der Waals surface area contributed by atoms with E-state index in [9.17, 15) is 0 Å². The van der Waals surface area contributed by atoms with E-state index in [1.165, 1.54) is 0 Å². The Labute approximate surface area is 123 Å². The molecule has 0 saturated carbocycles. The lowest BCUT2D eigenvalue weighted by molar-refractivity contribution is -0.295. The third kappa shape index (κ3) is 20.1. The van der Waals surface area contributed by atoms with E-state index < -0.39 is 0 Å². The number of unbranched alkanes of at least 4 members (excludes halogenated alkanes) is 2. The molecule has 0 aromatic heterocycles. The number of hydrogen-bond acceptors (Lipinski definition) is 6. The molecule has 0 atom stereocenters. The Morgan fingerprint density at radius 1 is 0.700 bits per heavy atom. The molecule has 0 unspecified atom stereocenters. The van der Waals surface area contributed by atoms with Gasteiger partial charge in [-0.3, -0.25) is 4.90 Å². The van der Waals surface area contributed by atoms with Gasteiger partial charge in [0.05, 0.1) is 33.0 Å². The maximum Gasteiger partial charge on any atom is 0.0822 e. The zero-order chi connectivity index (χ0) is 15.5. The van der Waals surface area contributed by atoms with E-state index in [0.717, 1.165) is 38.9 Å². The quantitative estimate of drug-likeness (QED) is 0.265. The van der Waals surface area contributed by atoms with Gasteiger partial charge < -0.3 is 15.3 Å². The molecule has 0 aromatic rings. The second-order valence-corrected chi connectivity index (χ2v) is 4.36. The summed E-state index contributed by atoms with van der Waals surface area (Å²) in [5, 5.41) is 25.5. The van der Waals surface area contributed by atoms with Crippen LogP contribution < -0.4 is 0 Å². The smallest absolute Gasteiger partial charge is 0.0822 e. The average Bonchev–Trinajstić information content (AvgIpc) is 2.44. The van der Waals surface area contributed by atoms with Crippen molar-refractivity contribution in [1.82, 2.24) is 4.90 Å². The first-order valence-corrected chi connectivity index (χ1v) is 7.56. The summed E-state index contributed by atoms with van der Waals surface area (Å²) in [4.78, 5) is 11.5. The fourth-order valence-electron chi connectivity index (χ4n) is 1.28. The minimum Gasteiger partial charge on any atom is -0.395 e. The number of rotatable bonds is 13. The van der Waals surface area contributed by atoms with E-state index in [0.29, 0.717) is 19.6 Å². The summed E-state index contributed by atoms with van der Waals surface area (Å²) in [6.45, 7) is 7.49. The maximum atomic E-state index is 8.48. The number of nitrogens with zero attached hydrogens (tertiary/aromatic N) is 1. The fourth-order valence-corrected chi connectivity index (χ4v) is 1.28. The van der Waals surface area contributed by atoms with Gasteiger partial charge in [-0.25, -0.2) is 9.78 Å². The highest BCUT2D eigenvalue weighted by Crippen LogP contribution is 1.91. The van der Waals surface area contributed by atoms with Crippen molar-refractivity contribution in [2.24, 2.45) is 0 Å². The van der Waals surface area contributed by atoms with Crippen LogP contribution in [-0.4, -0.2) is 72.9 Å². The largest absolute Gasteiger partial charge is 0.395 e. The Morgan fingerprint density at radius 2 is 1.05 bits per heavy atom. The highest BCUT2D eigenvalue weighted by Gasteiger charge is 2.00. The molecule has 0 heterocycles. The molecule has 6 heteroatoms. The van der Waals surface area contributed by atoms with E-state index in [2.05, 4.69) is 13.8 Å². The maximum absolute atomic E-state index is 8.48. The zero-order valence-electron chi connectivity index (χ0n) is 13.1. The molecule has 6 nitrogen and oxygen atoms in total. The molecule has 124 valence electrons. The average molecular weight is 295 g/mol. The van der Waals surface area contributed by atoms with Crippen molar-refractivity contribution < 1.29 is 25.1 Å².